The van der Waals surface area contributed by atoms with Gasteiger partial charge in [-0.25, -0.2) is 22.8 Å². The summed E-state index contributed by atoms with van der Waals surface area (Å²) in [4.78, 5) is 16.6. The summed E-state index contributed by atoms with van der Waals surface area (Å²) in [6.45, 7) is 4.32. The van der Waals surface area contributed by atoms with E-state index in [4.69, 9.17) is 4.74 Å². The van der Waals surface area contributed by atoms with Gasteiger partial charge in [-0.2, -0.15) is 5.10 Å². The summed E-state index contributed by atoms with van der Waals surface area (Å²) in [6.07, 6.45) is 3.64. The van der Waals surface area contributed by atoms with E-state index in [9.17, 15) is 13.2 Å². The van der Waals surface area contributed by atoms with Crippen LogP contribution >= 0.6 is 0 Å². The molecule has 2 aromatic rings. The molecule has 2 aromatic heterocycles. The van der Waals surface area contributed by atoms with Crippen molar-refractivity contribution < 1.29 is 13.2 Å². The monoisotopic (exact) mass is 407 g/mol. The average Bonchev–Trinajstić information content (AvgIpc) is 3.25. The van der Waals surface area contributed by atoms with Gasteiger partial charge in [-0.15, -0.1) is 0 Å². The summed E-state index contributed by atoms with van der Waals surface area (Å²) in [7, 11) is -2.08. The maximum Gasteiger partial charge on any atom is 0.267 e. The maximum atomic E-state index is 12.9. The van der Waals surface area contributed by atoms with E-state index in [-0.39, 0.29) is 29.7 Å². The van der Waals surface area contributed by atoms with Gasteiger partial charge in [0, 0.05) is 31.1 Å². The number of sulfonamides is 1. The predicted molar refractivity (Wildman–Crippen MR) is 102 cm³/mol. The normalized spacial score (nSPS) is 22.9. The highest BCUT2D eigenvalue weighted by Gasteiger charge is 2.36. The van der Waals surface area contributed by atoms with E-state index in [0.29, 0.717) is 11.7 Å². The Bertz CT molecular complexity index is 1040. The molecule has 2 aliphatic rings. The number of imidazole rings is 1. The number of hydrogen-bond donors (Lipinski definition) is 1. The van der Waals surface area contributed by atoms with E-state index in [1.165, 1.54) is 16.9 Å². The van der Waals surface area contributed by atoms with E-state index in [1.807, 2.05) is 13.8 Å². The van der Waals surface area contributed by atoms with Gasteiger partial charge in [0.2, 0.25) is 0 Å². The standard InChI is InChI=1S/C18H25N5O4S/c1-11(2)18-19-16(8-22(18)3)28(25,26)21-14-9-27-10-15(14)23-17(24)7-6-13(20-23)12-4-5-12/h6-8,11-12,14-15,21H,4-5,9-10H2,1-3H3. The molecule has 152 valence electrons. The zero-order valence-corrected chi connectivity index (χ0v) is 17.0. The van der Waals surface area contributed by atoms with Crippen LogP contribution in [0.2, 0.25) is 0 Å². The van der Waals surface area contributed by atoms with Crippen LogP contribution in [0, 0.1) is 0 Å². The van der Waals surface area contributed by atoms with Crippen molar-refractivity contribution in [2.75, 3.05) is 13.2 Å². The molecule has 1 N–H and O–H groups in total. The average molecular weight is 407 g/mol. The van der Waals surface area contributed by atoms with Crippen molar-refractivity contribution in [2.45, 2.75) is 55.6 Å². The summed E-state index contributed by atoms with van der Waals surface area (Å²) in [6, 6.07) is 2.17. The van der Waals surface area contributed by atoms with Crippen molar-refractivity contribution in [3.63, 3.8) is 0 Å². The van der Waals surface area contributed by atoms with Crippen LogP contribution in [0.25, 0.3) is 0 Å². The fraction of sp³-hybridized carbons (Fsp3) is 0.611. The highest BCUT2D eigenvalue weighted by molar-refractivity contribution is 7.89. The molecule has 3 heterocycles. The number of aromatic nitrogens is 4. The summed E-state index contributed by atoms with van der Waals surface area (Å²) < 4.78 is 37.0. The lowest BCUT2D eigenvalue weighted by Gasteiger charge is -2.20. The number of hydrogen-bond acceptors (Lipinski definition) is 6. The smallest absolute Gasteiger partial charge is 0.267 e. The van der Waals surface area contributed by atoms with Gasteiger partial charge in [0.1, 0.15) is 5.82 Å². The van der Waals surface area contributed by atoms with Crippen LogP contribution in [0.4, 0.5) is 0 Å². The number of ether oxygens (including phenoxy) is 1. The molecule has 2 atom stereocenters. The maximum absolute atomic E-state index is 12.9. The minimum Gasteiger partial charge on any atom is -0.377 e. The Balaban J connectivity index is 1.60. The molecular weight excluding hydrogens is 382 g/mol. The van der Waals surface area contributed by atoms with Gasteiger partial charge in [-0.3, -0.25) is 4.79 Å². The van der Waals surface area contributed by atoms with Gasteiger partial charge in [-0.05, 0) is 18.9 Å². The number of nitrogens with zero attached hydrogens (tertiary/aromatic N) is 4. The molecule has 0 aromatic carbocycles. The molecule has 2 unspecified atom stereocenters. The van der Waals surface area contributed by atoms with Crippen molar-refractivity contribution in [2.24, 2.45) is 7.05 Å². The molecule has 1 saturated heterocycles. The molecular formula is C18H25N5O4S. The van der Waals surface area contributed by atoms with E-state index >= 15 is 0 Å². The lowest BCUT2D eigenvalue weighted by atomic mass is 10.2. The second-order valence-electron chi connectivity index (χ2n) is 7.85. The van der Waals surface area contributed by atoms with Crippen LogP contribution in [0.15, 0.2) is 28.2 Å². The highest BCUT2D eigenvalue weighted by Crippen LogP contribution is 2.38. The first kappa shape index (κ1) is 19.3. The van der Waals surface area contributed by atoms with E-state index in [2.05, 4.69) is 14.8 Å². The Morgan fingerprint density at radius 3 is 2.64 bits per heavy atom. The largest absolute Gasteiger partial charge is 0.377 e. The van der Waals surface area contributed by atoms with Crippen LogP contribution in [-0.4, -0.2) is 47.0 Å². The fourth-order valence-corrected chi connectivity index (χ4v) is 4.80. The van der Waals surface area contributed by atoms with Crippen molar-refractivity contribution in [1.82, 2.24) is 24.1 Å². The summed E-state index contributed by atoms with van der Waals surface area (Å²) in [5.41, 5.74) is 0.614. The molecule has 1 aliphatic heterocycles. The SMILES string of the molecule is CC(C)c1nc(S(=O)(=O)NC2COCC2n2nc(C3CC3)ccc2=O)cn1C. The molecule has 1 saturated carbocycles. The van der Waals surface area contributed by atoms with Gasteiger partial charge in [0.25, 0.3) is 15.6 Å². The zero-order valence-electron chi connectivity index (χ0n) is 16.2. The van der Waals surface area contributed by atoms with E-state index in [0.717, 1.165) is 18.5 Å². The number of nitrogens with one attached hydrogen (secondary N) is 1. The first-order chi connectivity index (χ1) is 13.3. The first-order valence-corrected chi connectivity index (χ1v) is 11.0. The summed E-state index contributed by atoms with van der Waals surface area (Å²) >= 11 is 0. The van der Waals surface area contributed by atoms with Gasteiger partial charge in [0.05, 0.1) is 31.0 Å². The van der Waals surface area contributed by atoms with Crippen molar-refractivity contribution in [3.8, 4) is 0 Å². The second-order valence-corrected chi connectivity index (χ2v) is 9.51. The quantitative estimate of drug-likeness (QED) is 0.762. The topological polar surface area (TPSA) is 108 Å². The molecule has 28 heavy (non-hydrogen) atoms. The minimum atomic E-state index is -3.85. The van der Waals surface area contributed by atoms with Crippen molar-refractivity contribution in [1.29, 1.82) is 0 Å². The third-order valence-corrected chi connectivity index (χ3v) is 6.55. The molecule has 1 aliphatic carbocycles. The van der Waals surface area contributed by atoms with Crippen LogP contribution in [0.1, 0.15) is 56.1 Å². The zero-order chi connectivity index (χ0) is 20.1. The molecule has 9 nitrogen and oxygen atoms in total. The molecule has 0 radical (unpaired) electrons. The van der Waals surface area contributed by atoms with Gasteiger partial charge >= 0.3 is 0 Å². The third-order valence-electron chi connectivity index (χ3n) is 5.19. The molecule has 0 amide bonds. The molecule has 10 heteroatoms. The number of rotatable bonds is 6. The van der Waals surface area contributed by atoms with E-state index in [1.54, 1.807) is 17.7 Å². The van der Waals surface area contributed by atoms with Crippen LogP contribution in [0.3, 0.4) is 0 Å². The summed E-state index contributed by atoms with van der Waals surface area (Å²) in [5, 5.41) is 4.45. The van der Waals surface area contributed by atoms with Crippen molar-refractivity contribution >= 4 is 10.0 Å². The van der Waals surface area contributed by atoms with Crippen molar-refractivity contribution in [3.05, 3.63) is 40.2 Å². The Labute approximate surface area is 163 Å². The van der Waals surface area contributed by atoms with Gasteiger partial charge in [-0.1, -0.05) is 13.8 Å². The molecule has 0 spiro atoms. The van der Waals surface area contributed by atoms with Crippen LogP contribution in [-0.2, 0) is 21.8 Å². The van der Waals surface area contributed by atoms with Crippen LogP contribution in [0.5, 0.6) is 0 Å². The Morgan fingerprint density at radius 1 is 1.25 bits per heavy atom. The number of aryl methyl sites for hydroxylation is 1. The highest BCUT2D eigenvalue weighted by atomic mass is 32.2. The lowest BCUT2D eigenvalue weighted by Crippen LogP contribution is -2.44. The summed E-state index contributed by atoms with van der Waals surface area (Å²) in [5.74, 6) is 1.19. The van der Waals surface area contributed by atoms with Gasteiger partial charge < -0.3 is 9.30 Å². The molecule has 2 fully saturated rings. The second kappa shape index (κ2) is 7.09. The fourth-order valence-electron chi connectivity index (χ4n) is 3.55. The Morgan fingerprint density at radius 2 is 2.00 bits per heavy atom. The Kier molecular flexibility index (Phi) is 4.88. The van der Waals surface area contributed by atoms with Gasteiger partial charge in [0.15, 0.2) is 5.03 Å². The van der Waals surface area contributed by atoms with Crippen LogP contribution < -0.4 is 10.3 Å². The lowest BCUT2D eigenvalue weighted by molar-refractivity contribution is 0.181. The minimum absolute atomic E-state index is 0.0311. The molecule has 0 bridgehead atoms. The first-order valence-electron chi connectivity index (χ1n) is 9.49. The predicted octanol–water partition coefficient (Wildman–Crippen LogP) is 0.896. The Hall–Kier alpha value is -2.04. The van der Waals surface area contributed by atoms with E-state index < -0.39 is 22.1 Å². The third kappa shape index (κ3) is 3.63. The molecule has 4 rings (SSSR count).